The first-order valence-corrected chi connectivity index (χ1v) is 8.44. The summed E-state index contributed by atoms with van der Waals surface area (Å²) >= 11 is 6.12. The third kappa shape index (κ3) is 3.84. The maximum absolute atomic E-state index is 12.6. The number of rotatable bonds is 0. The molecule has 0 spiro atoms. The molecule has 0 amide bonds. The first-order valence-electron chi connectivity index (χ1n) is 8.06. The zero-order valence-electron chi connectivity index (χ0n) is 13.9. The van der Waals surface area contributed by atoms with Crippen LogP contribution in [0.3, 0.4) is 0 Å². The molecule has 2 aliphatic heterocycles. The van der Waals surface area contributed by atoms with Gasteiger partial charge in [-0.25, -0.2) is 4.79 Å². The molecular weight excluding hydrogens is 362 g/mol. The number of ether oxygens (including phenoxy) is 2. The van der Waals surface area contributed by atoms with Crippen molar-refractivity contribution in [2.45, 2.75) is 38.1 Å². The third-order valence-corrected chi connectivity index (χ3v) is 4.63. The number of phenolic OH excluding ortho intramolecular Hbond substituents is 2. The predicted octanol–water partition coefficient (Wildman–Crippen LogP) is 2.95. The molecule has 0 bridgehead atoms. The molecule has 0 saturated carbocycles. The Bertz CT molecular complexity index is 816. The lowest BCUT2D eigenvalue weighted by molar-refractivity contribution is 0.0306. The maximum Gasteiger partial charge on any atom is 0.342 e. The van der Waals surface area contributed by atoms with Gasteiger partial charge in [0.1, 0.15) is 29.3 Å². The van der Waals surface area contributed by atoms with Gasteiger partial charge in [-0.15, -0.1) is 0 Å². The molecule has 0 aliphatic carbocycles. The molecule has 0 unspecified atom stereocenters. The van der Waals surface area contributed by atoms with E-state index < -0.39 is 17.8 Å². The number of cyclic esters (lactones) is 1. The molecule has 26 heavy (non-hydrogen) atoms. The van der Waals surface area contributed by atoms with E-state index in [1.54, 1.807) is 19.1 Å². The second-order valence-corrected chi connectivity index (χ2v) is 6.56. The van der Waals surface area contributed by atoms with Crippen molar-refractivity contribution in [1.82, 2.24) is 0 Å². The van der Waals surface area contributed by atoms with Gasteiger partial charge in [0.15, 0.2) is 0 Å². The lowest BCUT2D eigenvalue weighted by Gasteiger charge is -2.17. The van der Waals surface area contributed by atoms with Gasteiger partial charge in [0.2, 0.25) is 0 Å². The van der Waals surface area contributed by atoms with Crippen LogP contribution in [-0.2, 0) is 15.9 Å². The highest BCUT2D eigenvalue weighted by Gasteiger charge is 2.38. The zero-order valence-corrected chi connectivity index (χ0v) is 14.7. The number of nitrogens with zero attached hydrogens (tertiary/aromatic N) is 1. The van der Waals surface area contributed by atoms with E-state index in [-0.39, 0.29) is 46.2 Å². The summed E-state index contributed by atoms with van der Waals surface area (Å²) in [6.07, 6.45) is 6.68. The summed E-state index contributed by atoms with van der Waals surface area (Å²) in [5.41, 5.74) is 0.115. The van der Waals surface area contributed by atoms with Crippen molar-refractivity contribution < 1.29 is 29.7 Å². The van der Waals surface area contributed by atoms with Crippen LogP contribution in [0.25, 0.3) is 0 Å². The molecule has 1 fully saturated rings. The molecule has 1 aromatic rings. The second kappa shape index (κ2) is 7.39. The van der Waals surface area contributed by atoms with Gasteiger partial charge in [-0.3, -0.25) is 0 Å². The number of esters is 1. The number of phenols is 2. The summed E-state index contributed by atoms with van der Waals surface area (Å²) in [6, 6.07) is 0.977. The standard InChI is InChI=1S/C18H18ClNO6/c1-9-6-15-14(26-15)5-3-2-4-10(20-24)7-11-16(18(23)25-9)12(21)8-13(22)17(11)19/h2-5,8-9,14-15,21-22,24H,6-7H2,1H3/b4-2+,5-3-,20-10+/t9-,14+,15-/m1/s1. The molecule has 3 atom stereocenters. The molecule has 3 rings (SSSR count). The Labute approximate surface area is 154 Å². The van der Waals surface area contributed by atoms with E-state index in [1.807, 2.05) is 6.08 Å². The monoisotopic (exact) mass is 379 g/mol. The van der Waals surface area contributed by atoms with Gasteiger partial charge in [-0.1, -0.05) is 35.0 Å². The van der Waals surface area contributed by atoms with Gasteiger partial charge in [0.25, 0.3) is 0 Å². The number of allylic oxidation sites excluding steroid dienone is 3. The van der Waals surface area contributed by atoms with Crippen LogP contribution >= 0.6 is 11.6 Å². The number of halogens is 1. The SMILES string of the molecule is C[C@@H]1C[C@H]2O[C@H]2\C=C/C=C/C(=N\O)Cc2c(Cl)c(O)cc(O)c2C(=O)O1. The minimum atomic E-state index is -0.780. The van der Waals surface area contributed by atoms with Crippen molar-refractivity contribution in [3.63, 3.8) is 0 Å². The van der Waals surface area contributed by atoms with Crippen molar-refractivity contribution >= 4 is 23.3 Å². The van der Waals surface area contributed by atoms with Gasteiger partial charge in [0, 0.05) is 18.9 Å². The van der Waals surface area contributed by atoms with Crippen LogP contribution in [0.15, 0.2) is 35.5 Å². The molecule has 1 saturated heterocycles. The fourth-order valence-corrected chi connectivity index (χ4v) is 3.07. The van der Waals surface area contributed by atoms with Gasteiger partial charge in [-0.05, 0) is 18.6 Å². The topological polar surface area (TPSA) is 112 Å². The Kier molecular flexibility index (Phi) is 5.20. The fraction of sp³-hybridized carbons (Fsp3) is 0.333. The molecule has 0 aromatic heterocycles. The van der Waals surface area contributed by atoms with Crippen molar-refractivity contribution in [3.05, 3.63) is 46.5 Å². The van der Waals surface area contributed by atoms with Crippen molar-refractivity contribution in [3.8, 4) is 11.5 Å². The Morgan fingerprint density at radius 3 is 2.77 bits per heavy atom. The second-order valence-electron chi connectivity index (χ2n) is 6.19. The molecule has 2 aliphatic rings. The normalized spacial score (nSPS) is 29.8. The van der Waals surface area contributed by atoms with Crippen LogP contribution in [0.4, 0.5) is 0 Å². The zero-order chi connectivity index (χ0) is 18.8. The molecular formula is C18H18ClNO6. The highest BCUT2D eigenvalue weighted by Crippen LogP contribution is 2.37. The Balaban J connectivity index is 2.05. The van der Waals surface area contributed by atoms with Gasteiger partial charge in [-0.2, -0.15) is 0 Å². The van der Waals surface area contributed by atoms with Crippen LogP contribution in [0, 0.1) is 0 Å². The number of benzene rings is 1. The number of carbonyl (C=O) groups excluding carboxylic acids is 1. The molecule has 1 aromatic carbocycles. The Hall–Kier alpha value is -2.51. The number of hydrogen-bond donors (Lipinski definition) is 3. The van der Waals surface area contributed by atoms with Gasteiger partial charge >= 0.3 is 5.97 Å². The molecule has 8 heteroatoms. The average molecular weight is 380 g/mol. The summed E-state index contributed by atoms with van der Waals surface area (Å²) in [7, 11) is 0. The predicted molar refractivity (Wildman–Crippen MR) is 94.1 cm³/mol. The van der Waals surface area contributed by atoms with E-state index in [0.29, 0.717) is 6.42 Å². The average Bonchev–Trinajstić information content (AvgIpc) is 3.31. The van der Waals surface area contributed by atoms with E-state index in [9.17, 15) is 20.2 Å². The molecule has 3 N–H and O–H groups in total. The first-order chi connectivity index (χ1) is 12.4. The van der Waals surface area contributed by atoms with E-state index in [4.69, 9.17) is 21.1 Å². The van der Waals surface area contributed by atoms with Crippen molar-refractivity contribution in [2.75, 3.05) is 0 Å². The quantitative estimate of drug-likeness (QED) is 0.276. The summed E-state index contributed by atoms with van der Waals surface area (Å²) in [6.45, 7) is 1.73. The van der Waals surface area contributed by atoms with E-state index in [2.05, 4.69) is 5.16 Å². The van der Waals surface area contributed by atoms with Gasteiger partial charge in [0.05, 0.1) is 16.8 Å². The summed E-state index contributed by atoms with van der Waals surface area (Å²) in [5.74, 6) is -1.63. The minimum absolute atomic E-state index is 0.0483. The molecule has 2 heterocycles. The van der Waals surface area contributed by atoms with Gasteiger partial charge < -0.3 is 24.9 Å². The smallest absolute Gasteiger partial charge is 0.342 e. The summed E-state index contributed by atoms with van der Waals surface area (Å²) in [5, 5.41) is 32.3. The van der Waals surface area contributed by atoms with Crippen LogP contribution in [0.1, 0.15) is 29.3 Å². The minimum Gasteiger partial charge on any atom is -0.507 e. The maximum atomic E-state index is 12.6. The molecule has 7 nitrogen and oxygen atoms in total. The number of oxime groups is 1. The molecule has 138 valence electrons. The summed E-state index contributed by atoms with van der Waals surface area (Å²) in [4.78, 5) is 12.6. The number of aromatic hydroxyl groups is 2. The number of epoxide rings is 1. The van der Waals surface area contributed by atoms with E-state index in [0.717, 1.165) is 6.07 Å². The number of carbonyl (C=O) groups is 1. The number of fused-ring (bicyclic) bond motifs is 2. The van der Waals surface area contributed by atoms with Crippen molar-refractivity contribution in [2.24, 2.45) is 5.16 Å². The van der Waals surface area contributed by atoms with Crippen LogP contribution in [0.5, 0.6) is 11.5 Å². The lowest BCUT2D eigenvalue weighted by Crippen LogP contribution is -2.19. The van der Waals surface area contributed by atoms with Crippen molar-refractivity contribution in [1.29, 1.82) is 0 Å². The molecule has 0 radical (unpaired) electrons. The number of hydrogen-bond acceptors (Lipinski definition) is 7. The van der Waals surface area contributed by atoms with Crippen LogP contribution < -0.4 is 0 Å². The lowest BCUT2D eigenvalue weighted by atomic mass is 9.99. The fourth-order valence-electron chi connectivity index (χ4n) is 2.86. The van der Waals surface area contributed by atoms with Crippen LogP contribution in [0.2, 0.25) is 5.02 Å². The first kappa shape index (κ1) is 18.3. The van der Waals surface area contributed by atoms with E-state index >= 15 is 0 Å². The third-order valence-electron chi connectivity index (χ3n) is 4.21. The van der Waals surface area contributed by atoms with Crippen LogP contribution in [-0.4, -0.2) is 45.4 Å². The van der Waals surface area contributed by atoms with E-state index in [1.165, 1.54) is 6.08 Å². The Morgan fingerprint density at radius 2 is 2.04 bits per heavy atom. The Morgan fingerprint density at radius 1 is 1.27 bits per heavy atom. The highest BCUT2D eigenvalue weighted by atomic mass is 35.5. The largest absolute Gasteiger partial charge is 0.507 e. The summed E-state index contributed by atoms with van der Waals surface area (Å²) < 4.78 is 10.9. The highest BCUT2D eigenvalue weighted by molar-refractivity contribution is 6.33.